The Hall–Kier alpha value is -2.09. The zero-order valence-electron chi connectivity index (χ0n) is 17.2. The third-order valence-electron chi connectivity index (χ3n) is 5.89. The van der Waals surface area contributed by atoms with Crippen molar-refractivity contribution in [2.45, 2.75) is 37.6 Å². The van der Waals surface area contributed by atoms with E-state index in [0.29, 0.717) is 48.9 Å². The fraction of sp³-hybridized carbons (Fsp3) is 0.409. The van der Waals surface area contributed by atoms with Crippen LogP contribution < -0.4 is 9.80 Å². The Balaban J connectivity index is 1.51. The predicted molar refractivity (Wildman–Crippen MR) is 120 cm³/mol. The highest BCUT2D eigenvalue weighted by Gasteiger charge is 2.33. The average Bonchev–Trinajstić information content (AvgIpc) is 3.08. The van der Waals surface area contributed by atoms with Crippen molar-refractivity contribution < 1.29 is 13.2 Å². The number of carbonyl (C=O) groups is 1. The van der Waals surface area contributed by atoms with Gasteiger partial charge in [-0.2, -0.15) is 4.31 Å². The largest absolute Gasteiger partial charge is 0.369 e. The smallest absolute Gasteiger partial charge is 0.243 e. The number of fused-ring (bicyclic) bond motifs is 1. The number of sulfonamides is 1. The fourth-order valence-corrected chi connectivity index (χ4v) is 5.98. The molecule has 0 spiro atoms. The van der Waals surface area contributed by atoms with Gasteiger partial charge in [-0.15, -0.1) is 0 Å². The van der Waals surface area contributed by atoms with E-state index in [1.165, 1.54) is 0 Å². The van der Waals surface area contributed by atoms with Crippen molar-refractivity contribution in [2.75, 3.05) is 36.0 Å². The van der Waals surface area contributed by atoms with Gasteiger partial charge in [0.2, 0.25) is 15.9 Å². The molecule has 30 heavy (non-hydrogen) atoms. The standard InChI is InChI=1S/C22H26ClN3O3S/c1-3-22(27)26-16(2)13-17-14-20(7-8-21(17)26)30(28,29)25-11-9-24(10-12-25)19-6-4-5-18(23)15-19/h4-8,14-16H,3,9-13H2,1-2H3. The number of nitrogens with zero attached hydrogens (tertiary/aromatic N) is 3. The van der Waals surface area contributed by atoms with E-state index in [1.807, 2.05) is 38.1 Å². The number of carbonyl (C=O) groups excluding carboxylic acids is 1. The highest BCUT2D eigenvalue weighted by atomic mass is 35.5. The minimum Gasteiger partial charge on any atom is -0.369 e. The Morgan fingerprint density at radius 1 is 1.10 bits per heavy atom. The molecule has 1 amide bonds. The van der Waals surface area contributed by atoms with Crippen LogP contribution in [0.25, 0.3) is 0 Å². The maximum Gasteiger partial charge on any atom is 0.243 e. The quantitative estimate of drug-likeness (QED) is 0.719. The maximum atomic E-state index is 13.2. The lowest BCUT2D eigenvalue weighted by Gasteiger charge is -2.35. The molecule has 0 radical (unpaired) electrons. The van der Waals surface area contributed by atoms with E-state index >= 15 is 0 Å². The van der Waals surface area contributed by atoms with Crippen LogP contribution in [-0.2, 0) is 21.2 Å². The summed E-state index contributed by atoms with van der Waals surface area (Å²) in [4.78, 5) is 16.5. The lowest BCUT2D eigenvalue weighted by molar-refractivity contribution is -0.118. The summed E-state index contributed by atoms with van der Waals surface area (Å²) >= 11 is 6.08. The molecular formula is C22H26ClN3O3S. The second kappa shape index (κ2) is 8.21. The number of amides is 1. The van der Waals surface area contributed by atoms with Crippen LogP contribution in [0.15, 0.2) is 47.4 Å². The highest BCUT2D eigenvalue weighted by Crippen LogP contribution is 2.35. The van der Waals surface area contributed by atoms with E-state index < -0.39 is 10.0 Å². The van der Waals surface area contributed by atoms with Gasteiger partial charge in [0.15, 0.2) is 0 Å². The van der Waals surface area contributed by atoms with Gasteiger partial charge in [0, 0.05) is 55.0 Å². The van der Waals surface area contributed by atoms with Crippen molar-refractivity contribution >= 4 is 38.9 Å². The van der Waals surface area contributed by atoms with E-state index in [0.717, 1.165) is 16.9 Å². The van der Waals surface area contributed by atoms with E-state index in [1.54, 1.807) is 27.4 Å². The van der Waals surface area contributed by atoms with Crippen LogP contribution in [-0.4, -0.2) is 50.9 Å². The molecule has 0 aromatic heterocycles. The van der Waals surface area contributed by atoms with Crippen LogP contribution in [0.4, 0.5) is 11.4 Å². The fourth-order valence-electron chi connectivity index (χ4n) is 4.33. The molecule has 1 atom stereocenters. The van der Waals surface area contributed by atoms with Crippen LogP contribution in [0.1, 0.15) is 25.8 Å². The van der Waals surface area contributed by atoms with Gasteiger partial charge in [-0.3, -0.25) is 4.79 Å². The molecule has 160 valence electrons. The molecule has 0 bridgehead atoms. The molecule has 2 heterocycles. The summed E-state index contributed by atoms with van der Waals surface area (Å²) in [5.74, 6) is 0.0639. The minimum absolute atomic E-state index is 0.0478. The van der Waals surface area contributed by atoms with E-state index in [9.17, 15) is 13.2 Å². The van der Waals surface area contributed by atoms with Crippen molar-refractivity contribution in [2.24, 2.45) is 0 Å². The van der Waals surface area contributed by atoms with Crippen LogP contribution in [0.2, 0.25) is 5.02 Å². The molecule has 2 aliphatic rings. The third-order valence-corrected chi connectivity index (χ3v) is 8.02. The van der Waals surface area contributed by atoms with E-state index in [4.69, 9.17) is 11.6 Å². The number of anilines is 2. The predicted octanol–water partition coefficient (Wildman–Crippen LogP) is 3.54. The Morgan fingerprint density at radius 2 is 1.83 bits per heavy atom. The summed E-state index contributed by atoms with van der Waals surface area (Å²) in [7, 11) is -3.58. The molecule has 1 unspecified atom stereocenters. The van der Waals surface area contributed by atoms with Gasteiger partial charge < -0.3 is 9.80 Å². The second-order valence-electron chi connectivity index (χ2n) is 7.83. The molecule has 8 heteroatoms. The zero-order chi connectivity index (χ0) is 21.5. The average molecular weight is 448 g/mol. The highest BCUT2D eigenvalue weighted by molar-refractivity contribution is 7.89. The molecule has 2 aromatic carbocycles. The maximum absolute atomic E-state index is 13.2. The van der Waals surface area contributed by atoms with Crippen molar-refractivity contribution in [1.29, 1.82) is 0 Å². The minimum atomic E-state index is -3.58. The number of piperazine rings is 1. The Morgan fingerprint density at radius 3 is 2.50 bits per heavy atom. The van der Waals surface area contributed by atoms with E-state index in [2.05, 4.69) is 4.90 Å². The monoisotopic (exact) mass is 447 g/mol. The summed E-state index contributed by atoms with van der Waals surface area (Å²) in [6.45, 7) is 5.90. The zero-order valence-corrected chi connectivity index (χ0v) is 18.8. The van der Waals surface area contributed by atoms with Gasteiger partial charge >= 0.3 is 0 Å². The van der Waals surface area contributed by atoms with Crippen molar-refractivity contribution in [3.05, 3.63) is 53.1 Å². The summed E-state index contributed by atoms with van der Waals surface area (Å²) in [6, 6.07) is 12.8. The number of hydrogen-bond donors (Lipinski definition) is 0. The van der Waals surface area contributed by atoms with Crippen molar-refractivity contribution in [3.63, 3.8) is 0 Å². The Kier molecular flexibility index (Phi) is 5.79. The summed E-state index contributed by atoms with van der Waals surface area (Å²) in [5, 5.41) is 0.672. The SMILES string of the molecule is CCC(=O)N1c2ccc(S(=O)(=O)N3CCN(c4cccc(Cl)c4)CC3)cc2CC1C. The van der Waals surface area contributed by atoms with Gasteiger partial charge in [-0.1, -0.05) is 24.6 Å². The van der Waals surface area contributed by atoms with Gasteiger partial charge in [0.05, 0.1) is 4.90 Å². The van der Waals surface area contributed by atoms with Crippen molar-refractivity contribution in [1.82, 2.24) is 4.31 Å². The van der Waals surface area contributed by atoms with Gasteiger partial charge in [0.1, 0.15) is 0 Å². The Bertz CT molecular complexity index is 1070. The molecule has 2 aliphatic heterocycles. The lowest BCUT2D eigenvalue weighted by atomic mass is 10.1. The first kappa shape index (κ1) is 21.2. The number of hydrogen-bond acceptors (Lipinski definition) is 4. The molecule has 0 saturated carbocycles. The molecule has 0 N–H and O–H groups in total. The molecule has 2 aromatic rings. The molecule has 1 saturated heterocycles. The van der Waals surface area contributed by atoms with Crippen LogP contribution in [0.5, 0.6) is 0 Å². The summed E-state index contributed by atoms with van der Waals surface area (Å²) in [5.41, 5.74) is 2.76. The molecule has 6 nitrogen and oxygen atoms in total. The number of rotatable bonds is 4. The first-order valence-corrected chi connectivity index (χ1v) is 12.1. The van der Waals surface area contributed by atoms with Crippen molar-refractivity contribution in [3.8, 4) is 0 Å². The van der Waals surface area contributed by atoms with Crippen LogP contribution in [0.3, 0.4) is 0 Å². The lowest BCUT2D eigenvalue weighted by Crippen LogP contribution is -2.48. The topological polar surface area (TPSA) is 60.9 Å². The van der Waals surface area contributed by atoms with Crippen LogP contribution >= 0.6 is 11.6 Å². The second-order valence-corrected chi connectivity index (χ2v) is 10.2. The number of halogens is 1. The van der Waals surface area contributed by atoms with Crippen LogP contribution in [0, 0.1) is 0 Å². The van der Waals surface area contributed by atoms with Gasteiger partial charge in [-0.05, 0) is 55.3 Å². The molecule has 4 rings (SSSR count). The normalized spacial score (nSPS) is 19.8. The first-order chi connectivity index (χ1) is 14.3. The number of benzene rings is 2. The molecular weight excluding hydrogens is 422 g/mol. The Labute approximate surface area is 183 Å². The summed E-state index contributed by atoms with van der Waals surface area (Å²) in [6.07, 6.45) is 1.10. The van der Waals surface area contributed by atoms with Gasteiger partial charge in [-0.25, -0.2) is 8.42 Å². The van der Waals surface area contributed by atoms with E-state index in [-0.39, 0.29) is 11.9 Å². The third kappa shape index (κ3) is 3.82. The molecule has 0 aliphatic carbocycles. The molecule has 1 fully saturated rings. The van der Waals surface area contributed by atoms with Gasteiger partial charge in [0.25, 0.3) is 0 Å². The summed E-state index contributed by atoms with van der Waals surface area (Å²) < 4.78 is 28.0. The first-order valence-electron chi connectivity index (χ1n) is 10.3.